The molecule has 20 heavy (non-hydrogen) atoms. The average molecular weight is 335 g/mol. The minimum atomic E-state index is 0.804. The molecule has 0 heterocycles. The molecule has 3 nitrogen and oxygen atoms in total. The third-order valence-corrected chi connectivity index (χ3v) is 3.96. The number of nitrogens with two attached hydrogens (primary N) is 1. The zero-order valence-corrected chi connectivity index (χ0v) is 13.6. The van der Waals surface area contributed by atoms with Gasteiger partial charge in [-0.3, -0.25) is 0 Å². The van der Waals surface area contributed by atoms with Gasteiger partial charge >= 0.3 is 0 Å². The summed E-state index contributed by atoms with van der Waals surface area (Å²) in [7, 11) is 3.75. The van der Waals surface area contributed by atoms with Gasteiger partial charge in [0.15, 0.2) is 0 Å². The standard InChI is InChI=1S/C16H19BrN2O/c1-11-8-16(14(17)9-15(11)18)19(2)10-12-4-6-13(20-3)7-5-12/h4-9H,10,18H2,1-3H3. The average Bonchev–Trinajstić information content (AvgIpc) is 2.43. The lowest BCUT2D eigenvalue weighted by molar-refractivity contribution is 0.414. The highest BCUT2D eigenvalue weighted by molar-refractivity contribution is 9.10. The topological polar surface area (TPSA) is 38.5 Å². The predicted molar refractivity (Wildman–Crippen MR) is 88.4 cm³/mol. The molecule has 2 N–H and O–H groups in total. The lowest BCUT2D eigenvalue weighted by Gasteiger charge is -2.22. The Kier molecular flexibility index (Phi) is 4.55. The highest BCUT2D eigenvalue weighted by atomic mass is 79.9. The molecule has 2 aromatic carbocycles. The number of anilines is 2. The Balaban J connectivity index is 2.18. The summed E-state index contributed by atoms with van der Waals surface area (Å²) in [5, 5.41) is 0. The van der Waals surface area contributed by atoms with Crippen molar-refractivity contribution in [3.63, 3.8) is 0 Å². The fourth-order valence-corrected chi connectivity index (χ4v) is 2.73. The van der Waals surface area contributed by atoms with Gasteiger partial charge in [0.2, 0.25) is 0 Å². The predicted octanol–water partition coefficient (Wildman–Crippen LogP) is 3.98. The van der Waals surface area contributed by atoms with Gasteiger partial charge in [0, 0.05) is 23.8 Å². The van der Waals surface area contributed by atoms with Gasteiger partial charge < -0.3 is 15.4 Å². The second-order valence-corrected chi connectivity index (χ2v) is 5.72. The second-order valence-electron chi connectivity index (χ2n) is 4.86. The van der Waals surface area contributed by atoms with E-state index >= 15 is 0 Å². The molecule has 0 spiro atoms. The summed E-state index contributed by atoms with van der Waals surface area (Å²) < 4.78 is 6.18. The van der Waals surface area contributed by atoms with Crippen LogP contribution in [0.15, 0.2) is 40.9 Å². The molecule has 2 aromatic rings. The summed E-state index contributed by atoms with van der Waals surface area (Å²) in [6, 6.07) is 12.2. The minimum Gasteiger partial charge on any atom is -0.497 e. The van der Waals surface area contributed by atoms with Gasteiger partial charge in [-0.1, -0.05) is 12.1 Å². The van der Waals surface area contributed by atoms with Crippen LogP contribution in [0, 0.1) is 6.92 Å². The van der Waals surface area contributed by atoms with Crippen LogP contribution in [0.25, 0.3) is 0 Å². The number of rotatable bonds is 4. The van der Waals surface area contributed by atoms with E-state index in [9.17, 15) is 0 Å². The van der Waals surface area contributed by atoms with Crippen LogP contribution in [0.1, 0.15) is 11.1 Å². The molecule has 0 atom stereocenters. The van der Waals surface area contributed by atoms with Crippen molar-refractivity contribution in [2.24, 2.45) is 0 Å². The molecule has 0 radical (unpaired) electrons. The van der Waals surface area contributed by atoms with Crippen molar-refractivity contribution >= 4 is 27.3 Å². The quantitative estimate of drug-likeness (QED) is 0.859. The molecule has 0 bridgehead atoms. The van der Waals surface area contributed by atoms with E-state index in [-0.39, 0.29) is 0 Å². The third kappa shape index (κ3) is 3.25. The van der Waals surface area contributed by atoms with E-state index in [4.69, 9.17) is 10.5 Å². The number of halogens is 1. The van der Waals surface area contributed by atoms with E-state index in [1.165, 1.54) is 5.56 Å². The van der Waals surface area contributed by atoms with Crippen LogP contribution in [0.3, 0.4) is 0 Å². The maximum Gasteiger partial charge on any atom is 0.118 e. The minimum absolute atomic E-state index is 0.804. The van der Waals surface area contributed by atoms with Gasteiger partial charge in [-0.2, -0.15) is 0 Å². The first-order valence-electron chi connectivity index (χ1n) is 6.41. The van der Waals surface area contributed by atoms with Gasteiger partial charge in [0.05, 0.1) is 12.8 Å². The fraction of sp³-hybridized carbons (Fsp3) is 0.250. The number of methoxy groups -OCH3 is 1. The molecule has 0 aromatic heterocycles. The van der Waals surface area contributed by atoms with Gasteiger partial charge in [-0.25, -0.2) is 0 Å². The maximum absolute atomic E-state index is 5.91. The highest BCUT2D eigenvalue weighted by Crippen LogP contribution is 2.31. The molecule has 0 aliphatic rings. The first-order valence-corrected chi connectivity index (χ1v) is 7.20. The van der Waals surface area contributed by atoms with E-state index in [1.54, 1.807) is 7.11 Å². The Labute approximate surface area is 128 Å². The lowest BCUT2D eigenvalue weighted by Crippen LogP contribution is -2.17. The van der Waals surface area contributed by atoms with Gasteiger partial charge in [-0.15, -0.1) is 0 Å². The van der Waals surface area contributed by atoms with Crippen molar-refractivity contribution in [3.05, 3.63) is 52.0 Å². The summed E-state index contributed by atoms with van der Waals surface area (Å²) in [4.78, 5) is 2.19. The summed E-state index contributed by atoms with van der Waals surface area (Å²) >= 11 is 3.58. The molecule has 4 heteroatoms. The summed E-state index contributed by atoms with van der Waals surface area (Å²) in [5.41, 5.74) is 10.2. The number of nitrogen functional groups attached to an aromatic ring is 1. The molecule has 0 fully saturated rings. The SMILES string of the molecule is COc1ccc(CN(C)c2cc(C)c(N)cc2Br)cc1. The van der Waals surface area contributed by atoms with Gasteiger partial charge in [0.1, 0.15) is 5.75 Å². The molecule has 0 amide bonds. The van der Waals surface area contributed by atoms with Crippen molar-refractivity contribution in [2.75, 3.05) is 24.8 Å². The smallest absolute Gasteiger partial charge is 0.118 e. The summed E-state index contributed by atoms with van der Waals surface area (Å²) in [6.07, 6.45) is 0. The number of ether oxygens (including phenoxy) is 1. The second kappa shape index (κ2) is 6.18. The Morgan fingerprint density at radius 3 is 2.45 bits per heavy atom. The molecular weight excluding hydrogens is 316 g/mol. The largest absolute Gasteiger partial charge is 0.497 e. The Hall–Kier alpha value is -1.68. The monoisotopic (exact) mass is 334 g/mol. The van der Waals surface area contributed by atoms with E-state index in [0.29, 0.717) is 0 Å². The van der Waals surface area contributed by atoms with E-state index in [2.05, 4.69) is 46.1 Å². The normalized spacial score (nSPS) is 10.4. The molecule has 0 saturated carbocycles. The van der Waals surface area contributed by atoms with Gasteiger partial charge in [0.25, 0.3) is 0 Å². The fourth-order valence-electron chi connectivity index (χ4n) is 2.06. The Morgan fingerprint density at radius 2 is 1.85 bits per heavy atom. The van der Waals surface area contributed by atoms with Crippen molar-refractivity contribution in [2.45, 2.75) is 13.5 Å². The van der Waals surface area contributed by atoms with Crippen LogP contribution in [0.2, 0.25) is 0 Å². The van der Waals surface area contributed by atoms with Crippen molar-refractivity contribution in [1.82, 2.24) is 0 Å². The molecule has 0 unspecified atom stereocenters. The first-order chi connectivity index (χ1) is 9.51. The first kappa shape index (κ1) is 14.7. The molecule has 106 valence electrons. The number of nitrogens with zero attached hydrogens (tertiary/aromatic N) is 1. The van der Waals surface area contributed by atoms with Crippen LogP contribution >= 0.6 is 15.9 Å². The van der Waals surface area contributed by atoms with Gasteiger partial charge in [-0.05, 0) is 58.2 Å². The molecule has 0 aliphatic heterocycles. The van der Waals surface area contributed by atoms with E-state index < -0.39 is 0 Å². The summed E-state index contributed by atoms with van der Waals surface area (Å²) in [6.45, 7) is 2.85. The van der Waals surface area contributed by atoms with Crippen molar-refractivity contribution < 1.29 is 4.74 Å². The Bertz CT molecular complexity index is 596. The van der Waals surface area contributed by atoms with E-state index in [1.807, 2.05) is 25.1 Å². The molecule has 0 aliphatic carbocycles. The molecular formula is C16H19BrN2O. The number of benzene rings is 2. The van der Waals surface area contributed by atoms with Crippen LogP contribution in [-0.2, 0) is 6.54 Å². The van der Waals surface area contributed by atoms with Crippen LogP contribution in [0.5, 0.6) is 5.75 Å². The highest BCUT2D eigenvalue weighted by Gasteiger charge is 2.09. The van der Waals surface area contributed by atoms with Crippen molar-refractivity contribution in [1.29, 1.82) is 0 Å². The summed E-state index contributed by atoms with van der Waals surface area (Å²) in [5.74, 6) is 0.876. The molecule has 0 saturated heterocycles. The third-order valence-electron chi connectivity index (χ3n) is 3.33. The molecule has 2 rings (SSSR count). The van der Waals surface area contributed by atoms with Crippen LogP contribution in [-0.4, -0.2) is 14.2 Å². The van der Waals surface area contributed by atoms with Crippen LogP contribution in [0.4, 0.5) is 11.4 Å². The number of aryl methyl sites for hydroxylation is 1. The number of hydrogen-bond donors (Lipinski definition) is 1. The lowest BCUT2D eigenvalue weighted by atomic mass is 10.1. The zero-order chi connectivity index (χ0) is 14.7. The van der Waals surface area contributed by atoms with Crippen molar-refractivity contribution in [3.8, 4) is 5.75 Å². The Morgan fingerprint density at radius 1 is 1.20 bits per heavy atom. The van der Waals surface area contributed by atoms with E-state index in [0.717, 1.165) is 33.7 Å². The maximum atomic E-state index is 5.91. The number of hydrogen-bond acceptors (Lipinski definition) is 3. The zero-order valence-electron chi connectivity index (χ0n) is 12.0. The van der Waals surface area contributed by atoms with Crippen LogP contribution < -0.4 is 15.4 Å².